The van der Waals surface area contributed by atoms with Crippen LogP contribution in [0.2, 0.25) is 0 Å². The minimum atomic E-state index is -0.224. The molecule has 1 unspecified atom stereocenters. The van der Waals surface area contributed by atoms with Crippen LogP contribution in [0.4, 0.5) is 0 Å². The van der Waals surface area contributed by atoms with Crippen LogP contribution in [-0.2, 0) is 4.79 Å². The van der Waals surface area contributed by atoms with Gasteiger partial charge in [-0.3, -0.25) is 9.59 Å². The van der Waals surface area contributed by atoms with Crippen molar-refractivity contribution in [3.05, 3.63) is 76.3 Å². The molecule has 1 fully saturated rings. The van der Waals surface area contributed by atoms with E-state index in [-0.39, 0.29) is 16.8 Å². The van der Waals surface area contributed by atoms with Crippen molar-refractivity contribution in [3.8, 4) is 0 Å². The Morgan fingerprint density at radius 3 is 2.54 bits per heavy atom. The van der Waals surface area contributed by atoms with Gasteiger partial charge in [0.25, 0.3) is 11.5 Å². The summed E-state index contributed by atoms with van der Waals surface area (Å²) in [5.74, 6) is 0.768. The van der Waals surface area contributed by atoms with Crippen molar-refractivity contribution < 1.29 is 4.79 Å². The molecule has 0 saturated carbocycles. The van der Waals surface area contributed by atoms with E-state index >= 15 is 0 Å². The van der Waals surface area contributed by atoms with Crippen LogP contribution in [0.25, 0.3) is 10.9 Å². The number of amides is 1. The maximum absolute atomic E-state index is 13.0. The lowest BCUT2D eigenvalue weighted by Gasteiger charge is -2.27. The lowest BCUT2D eigenvalue weighted by molar-refractivity contribution is -0.117. The number of benzene rings is 2. The lowest BCUT2D eigenvalue weighted by Crippen LogP contribution is -2.46. The Labute approximate surface area is 142 Å². The van der Waals surface area contributed by atoms with Gasteiger partial charge in [-0.1, -0.05) is 42.5 Å². The molecule has 5 nitrogen and oxygen atoms in total. The topological polar surface area (TPSA) is 55.2 Å². The summed E-state index contributed by atoms with van der Waals surface area (Å²) in [7, 11) is 0. The molecule has 0 aliphatic carbocycles. The minimum absolute atomic E-state index is 0.0869. The molecule has 1 saturated heterocycles. The van der Waals surface area contributed by atoms with Crippen molar-refractivity contribution in [1.82, 2.24) is 9.66 Å². The number of carbonyl (C=O) groups excluding carboxylic acids is 1. The van der Waals surface area contributed by atoms with Gasteiger partial charge in [-0.15, -0.1) is 11.8 Å². The zero-order valence-electron chi connectivity index (χ0n) is 13.0. The van der Waals surface area contributed by atoms with E-state index in [1.54, 1.807) is 19.1 Å². The van der Waals surface area contributed by atoms with E-state index in [0.717, 1.165) is 5.56 Å². The van der Waals surface area contributed by atoms with Gasteiger partial charge in [0.05, 0.1) is 16.7 Å². The highest BCUT2D eigenvalue weighted by atomic mass is 32.2. The van der Waals surface area contributed by atoms with Gasteiger partial charge in [-0.25, -0.2) is 9.99 Å². The molecular formula is C18H15N3O2S. The summed E-state index contributed by atoms with van der Waals surface area (Å²) in [6, 6.07) is 17.0. The second kappa shape index (κ2) is 5.79. The number of aromatic nitrogens is 2. The van der Waals surface area contributed by atoms with E-state index in [0.29, 0.717) is 22.5 Å². The molecule has 120 valence electrons. The molecule has 4 rings (SSSR count). The van der Waals surface area contributed by atoms with Gasteiger partial charge >= 0.3 is 0 Å². The van der Waals surface area contributed by atoms with Crippen molar-refractivity contribution in [2.45, 2.75) is 12.3 Å². The van der Waals surface area contributed by atoms with Crippen LogP contribution in [0.15, 0.2) is 59.4 Å². The van der Waals surface area contributed by atoms with Gasteiger partial charge in [0.2, 0.25) is 0 Å². The fourth-order valence-corrected chi connectivity index (χ4v) is 4.11. The molecule has 1 aliphatic heterocycles. The molecule has 24 heavy (non-hydrogen) atoms. The number of carbonyl (C=O) groups is 1. The summed E-state index contributed by atoms with van der Waals surface area (Å²) in [5.41, 5.74) is 1.43. The van der Waals surface area contributed by atoms with Crippen molar-refractivity contribution in [2.75, 3.05) is 10.8 Å². The van der Waals surface area contributed by atoms with Crippen LogP contribution in [0, 0.1) is 6.92 Å². The normalized spacial score (nSPS) is 17.6. The maximum atomic E-state index is 13.0. The molecule has 2 heterocycles. The predicted molar refractivity (Wildman–Crippen MR) is 95.6 cm³/mol. The van der Waals surface area contributed by atoms with Crippen molar-refractivity contribution in [2.24, 2.45) is 0 Å². The Morgan fingerprint density at radius 2 is 1.75 bits per heavy atom. The van der Waals surface area contributed by atoms with Crippen LogP contribution in [-0.4, -0.2) is 21.3 Å². The summed E-state index contributed by atoms with van der Waals surface area (Å²) in [5, 5.41) is 1.83. The zero-order chi connectivity index (χ0) is 16.7. The van der Waals surface area contributed by atoms with Crippen LogP contribution in [0.5, 0.6) is 0 Å². The quantitative estimate of drug-likeness (QED) is 0.721. The number of rotatable bonds is 2. The Bertz CT molecular complexity index is 984. The molecule has 1 amide bonds. The van der Waals surface area contributed by atoms with Crippen molar-refractivity contribution in [3.63, 3.8) is 0 Å². The monoisotopic (exact) mass is 337 g/mol. The number of aryl methyl sites for hydroxylation is 1. The van der Waals surface area contributed by atoms with Gasteiger partial charge in [0.1, 0.15) is 11.2 Å². The molecule has 0 spiro atoms. The Morgan fingerprint density at radius 1 is 1.04 bits per heavy atom. The third kappa shape index (κ3) is 2.30. The van der Waals surface area contributed by atoms with E-state index in [4.69, 9.17) is 0 Å². The molecule has 0 bridgehead atoms. The minimum Gasteiger partial charge on any atom is -0.272 e. The molecule has 0 radical (unpaired) electrons. The Kier molecular flexibility index (Phi) is 3.61. The van der Waals surface area contributed by atoms with Gasteiger partial charge in [-0.2, -0.15) is 4.68 Å². The van der Waals surface area contributed by atoms with Gasteiger partial charge < -0.3 is 0 Å². The average Bonchev–Trinajstić information content (AvgIpc) is 2.97. The number of hydrogen-bond acceptors (Lipinski definition) is 4. The van der Waals surface area contributed by atoms with Gasteiger partial charge in [0.15, 0.2) is 0 Å². The van der Waals surface area contributed by atoms with E-state index < -0.39 is 0 Å². The molecule has 1 atom stereocenters. The first-order valence-electron chi connectivity index (χ1n) is 7.64. The van der Waals surface area contributed by atoms with Crippen molar-refractivity contribution >= 4 is 28.6 Å². The molecule has 6 heteroatoms. The third-order valence-electron chi connectivity index (χ3n) is 4.06. The summed E-state index contributed by atoms with van der Waals surface area (Å²) < 4.78 is 1.42. The van der Waals surface area contributed by atoms with E-state index in [1.165, 1.54) is 21.4 Å². The Balaban J connectivity index is 1.92. The van der Waals surface area contributed by atoms with Crippen LogP contribution < -0.4 is 10.6 Å². The summed E-state index contributed by atoms with van der Waals surface area (Å²) in [4.78, 5) is 30.0. The summed E-state index contributed by atoms with van der Waals surface area (Å²) in [6.07, 6.45) is 0. The third-order valence-corrected chi connectivity index (χ3v) is 5.26. The number of hydrogen-bond donors (Lipinski definition) is 0. The van der Waals surface area contributed by atoms with E-state index in [1.807, 2.05) is 42.5 Å². The zero-order valence-corrected chi connectivity index (χ0v) is 13.9. The smallest absolute Gasteiger partial charge is 0.272 e. The predicted octanol–water partition coefficient (Wildman–Crippen LogP) is 2.62. The molecule has 3 aromatic rings. The summed E-state index contributed by atoms with van der Waals surface area (Å²) in [6.45, 7) is 1.76. The largest absolute Gasteiger partial charge is 0.280 e. The molecular weight excluding hydrogens is 322 g/mol. The van der Waals surface area contributed by atoms with Crippen LogP contribution >= 0.6 is 11.8 Å². The number of fused-ring (bicyclic) bond motifs is 1. The molecule has 1 aromatic heterocycles. The summed E-state index contributed by atoms with van der Waals surface area (Å²) >= 11 is 1.52. The SMILES string of the molecule is Cc1nc2ccccc2c(=O)n1N1C(=O)CSC1c1ccccc1. The lowest BCUT2D eigenvalue weighted by atomic mass is 10.2. The maximum Gasteiger partial charge on any atom is 0.280 e. The molecule has 0 N–H and O–H groups in total. The van der Waals surface area contributed by atoms with Crippen LogP contribution in [0.1, 0.15) is 16.8 Å². The standard InChI is InChI=1S/C18H15N3O2S/c1-12-19-15-10-6-5-9-14(15)17(23)20(12)21-16(22)11-24-18(21)13-7-3-2-4-8-13/h2-10,18H,11H2,1H3. The fourth-order valence-electron chi connectivity index (χ4n) is 2.98. The average molecular weight is 337 g/mol. The first-order valence-corrected chi connectivity index (χ1v) is 8.69. The van der Waals surface area contributed by atoms with Crippen molar-refractivity contribution in [1.29, 1.82) is 0 Å². The first kappa shape index (κ1) is 15.0. The highest BCUT2D eigenvalue weighted by Gasteiger charge is 2.36. The van der Waals surface area contributed by atoms with Gasteiger partial charge in [0, 0.05) is 0 Å². The number of nitrogens with zero attached hydrogens (tertiary/aromatic N) is 3. The number of thioether (sulfide) groups is 1. The highest BCUT2D eigenvalue weighted by Crippen LogP contribution is 2.37. The van der Waals surface area contributed by atoms with E-state index in [2.05, 4.69) is 4.98 Å². The van der Waals surface area contributed by atoms with Gasteiger partial charge in [-0.05, 0) is 24.6 Å². The first-order chi connectivity index (χ1) is 11.7. The van der Waals surface area contributed by atoms with Crippen LogP contribution in [0.3, 0.4) is 0 Å². The Hall–Kier alpha value is -2.60. The molecule has 2 aromatic carbocycles. The molecule has 1 aliphatic rings. The van der Waals surface area contributed by atoms with E-state index in [9.17, 15) is 9.59 Å². The number of para-hydroxylation sites is 1. The second-order valence-electron chi connectivity index (χ2n) is 5.61. The highest BCUT2D eigenvalue weighted by molar-refractivity contribution is 8.00. The second-order valence-corrected chi connectivity index (χ2v) is 6.67. The fraction of sp³-hybridized carbons (Fsp3) is 0.167.